The number of hydrogen-bond donors (Lipinski definition) is 1. The monoisotopic (exact) mass is 248 g/mol. The van der Waals surface area contributed by atoms with E-state index in [9.17, 15) is 0 Å². The van der Waals surface area contributed by atoms with Crippen LogP contribution in [0.4, 0.5) is 0 Å². The lowest BCUT2D eigenvalue weighted by molar-refractivity contribution is 0.0396. The molecule has 2 rings (SSSR count). The highest BCUT2D eigenvalue weighted by atomic mass is 16.5. The van der Waals surface area contributed by atoms with Crippen molar-refractivity contribution in [2.24, 2.45) is 5.73 Å². The molecule has 1 aromatic rings. The number of benzene rings is 1. The van der Waals surface area contributed by atoms with Gasteiger partial charge < -0.3 is 15.4 Å². The summed E-state index contributed by atoms with van der Waals surface area (Å²) < 4.78 is 5.40. The molecule has 2 N–H and O–H groups in total. The Kier molecular flexibility index (Phi) is 5.17. The van der Waals surface area contributed by atoms with Gasteiger partial charge in [0.1, 0.15) is 0 Å². The summed E-state index contributed by atoms with van der Waals surface area (Å²) in [4.78, 5) is 2.51. The molecule has 0 spiro atoms. The van der Waals surface area contributed by atoms with Gasteiger partial charge in [0.05, 0.1) is 6.10 Å². The fraction of sp³-hybridized carbons (Fsp3) is 0.600. The number of nitrogens with zero attached hydrogens (tertiary/aromatic N) is 1. The van der Waals surface area contributed by atoms with Crippen molar-refractivity contribution >= 4 is 0 Å². The number of hydrogen-bond acceptors (Lipinski definition) is 3. The fourth-order valence-electron chi connectivity index (χ4n) is 2.68. The van der Waals surface area contributed by atoms with Crippen molar-refractivity contribution < 1.29 is 4.74 Å². The molecule has 0 bridgehead atoms. The molecule has 1 atom stereocenters. The summed E-state index contributed by atoms with van der Waals surface area (Å²) in [5.74, 6) is 0.449. The third-order valence-corrected chi connectivity index (χ3v) is 3.90. The van der Waals surface area contributed by atoms with E-state index in [2.05, 4.69) is 35.2 Å². The van der Waals surface area contributed by atoms with Gasteiger partial charge in [-0.2, -0.15) is 0 Å². The van der Waals surface area contributed by atoms with E-state index in [0.717, 1.165) is 32.5 Å². The quantitative estimate of drug-likeness (QED) is 0.864. The van der Waals surface area contributed by atoms with Crippen LogP contribution in [0.1, 0.15) is 24.3 Å². The SMILES string of the molecule is COC1CCN(CC(CN)c2ccccc2)CC1. The van der Waals surface area contributed by atoms with Gasteiger partial charge in [-0.25, -0.2) is 0 Å². The van der Waals surface area contributed by atoms with Crippen LogP contribution in [-0.2, 0) is 4.74 Å². The van der Waals surface area contributed by atoms with Crippen LogP contribution in [0, 0.1) is 0 Å². The first-order valence-electron chi connectivity index (χ1n) is 6.83. The highest BCUT2D eigenvalue weighted by Gasteiger charge is 2.21. The molecule has 1 aromatic carbocycles. The van der Waals surface area contributed by atoms with Crippen LogP contribution in [0.15, 0.2) is 30.3 Å². The Hall–Kier alpha value is -0.900. The van der Waals surface area contributed by atoms with Gasteiger partial charge in [0.2, 0.25) is 0 Å². The highest BCUT2D eigenvalue weighted by Crippen LogP contribution is 2.19. The molecule has 0 radical (unpaired) electrons. The molecule has 0 aromatic heterocycles. The smallest absolute Gasteiger partial charge is 0.0595 e. The van der Waals surface area contributed by atoms with Crippen molar-refractivity contribution in [3.8, 4) is 0 Å². The normalized spacial score (nSPS) is 19.9. The molecule has 1 fully saturated rings. The van der Waals surface area contributed by atoms with Gasteiger partial charge >= 0.3 is 0 Å². The lowest BCUT2D eigenvalue weighted by Gasteiger charge is -2.33. The molecular formula is C15H24N2O. The average Bonchev–Trinajstić information content (AvgIpc) is 2.46. The maximum absolute atomic E-state index is 5.92. The predicted octanol–water partition coefficient (Wildman–Crippen LogP) is 1.84. The zero-order valence-electron chi connectivity index (χ0n) is 11.2. The topological polar surface area (TPSA) is 38.5 Å². The lowest BCUT2D eigenvalue weighted by Crippen LogP contribution is -2.40. The minimum absolute atomic E-state index is 0.449. The first-order chi connectivity index (χ1) is 8.83. The molecule has 1 unspecified atom stereocenters. The zero-order chi connectivity index (χ0) is 12.8. The molecule has 18 heavy (non-hydrogen) atoms. The van der Waals surface area contributed by atoms with Gasteiger partial charge in [0, 0.05) is 39.2 Å². The number of nitrogens with two attached hydrogens (primary N) is 1. The number of methoxy groups -OCH3 is 1. The van der Waals surface area contributed by atoms with E-state index in [-0.39, 0.29) is 0 Å². The van der Waals surface area contributed by atoms with Crippen molar-refractivity contribution in [3.63, 3.8) is 0 Å². The first kappa shape index (κ1) is 13.5. The molecule has 1 heterocycles. The second-order valence-corrected chi connectivity index (χ2v) is 5.08. The molecule has 0 aliphatic carbocycles. The maximum Gasteiger partial charge on any atom is 0.0595 e. The second-order valence-electron chi connectivity index (χ2n) is 5.08. The highest BCUT2D eigenvalue weighted by molar-refractivity contribution is 5.20. The Labute approximate surface area is 110 Å². The molecular weight excluding hydrogens is 224 g/mol. The summed E-state index contributed by atoms with van der Waals surface area (Å²) >= 11 is 0. The minimum Gasteiger partial charge on any atom is -0.381 e. The largest absolute Gasteiger partial charge is 0.381 e. The fourth-order valence-corrected chi connectivity index (χ4v) is 2.68. The van der Waals surface area contributed by atoms with Crippen molar-refractivity contribution in [3.05, 3.63) is 35.9 Å². The van der Waals surface area contributed by atoms with Gasteiger partial charge in [0.25, 0.3) is 0 Å². The second kappa shape index (κ2) is 6.88. The Bertz CT molecular complexity index is 334. The Morgan fingerprint density at radius 1 is 1.28 bits per heavy atom. The molecule has 0 saturated carbocycles. The van der Waals surface area contributed by atoms with Crippen LogP contribution in [0.5, 0.6) is 0 Å². The number of piperidine rings is 1. The third-order valence-electron chi connectivity index (χ3n) is 3.90. The molecule has 3 heteroatoms. The van der Waals surface area contributed by atoms with Crippen LogP contribution in [-0.4, -0.2) is 44.3 Å². The van der Waals surface area contributed by atoms with Crippen molar-refractivity contribution in [1.29, 1.82) is 0 Å². The molecule has 100 valence electrons. The molecule has 0 amide bonds. The maximum atomic E-state index is 5.92. The molecule has 3 nitrogen and oxygen atoms in total. The predicted molar refractivity (Wildman–Crippen MR) is 74.7 cm³/mol. The minimum atomic E-state index is 0.449. The number of likely N-dealkylation sites (tertiary alicyclic amines) is 1. The summed E-state index contributed by atoms with van der Waals surface area (Å²) in [5, 5.41) is 0. The van der Waals surface area contributed by atoms with E-state index >= 15 is 0 Å². The lowest BCUT2D eigenvalue weighted by atomic mass is 9.97. The molecule has 1 aliphatic heterocycles. The third kappa shape index (κ3) is 3.55. The zero-order valence-corrected chi connectivity index (χ0v) is 11.2. The number of rotatable bonds is 5. The van der Waals surface area contributed by atoms with Crippen LogP contribution in [0.25, 0.3) is 0 Å². The van der Waals surface area contributed by atoms with E-state index in [1.165, 1.54) is 5.56 Å². The van der Waals surface area contributed by atoms with Gasteiger partial charge in [-0.1, -0.05) is 30.3 Å². The van der Waals surface area contributed by atoms with Crippen LogP contribution in [0.2, 0.25) is 0 Å². The van der Waals surface area contributed by atoms with E-state index in [1.54, 1.807) is 0 Å². The van der Waals surface area contributed by atoms with Crippen LogP contribution < -0.4 is 5.73 Å². The van der Waals surface area contributed by atoms with Gasteiger partial charge in [-0.15, -0.1) is 0 Å². The first-order valence-corrected chi connectivity index (χ1v) is 6.83. The van der Waals surface area contributed by atoms with E-state index in [1.807, 2.05) is 7.11 Å². The summed E-state index contributed by atoms with van der Waals surface area (Å²) in [7, 11) is 1.81. The van der Waals surface area contributed by atoms with E-state index in [4.69, 9.17) is 10.5 Å². The Morgan fingerprint density at radius 2 is 1.94 bits per heavy atom. The Balaban J connectivity index is 1.88. The van der Waals surface area contributed by atoms with Crippen molar-refractivity contribution in [1.82, 2.24) is 4.90 Å². The Morgan fingerprint density at radius 3 is 2.50 bits per heavy atom. The van der Waals surface area contributed by atoms with Gasteiger partial charge in [-0.05, 0) is 18.4 Å². The van der Waals surface area contributed by atoms with Crippen LogP contribution in [0.3, 0.4) is 0 Å². The van der Waals surface area contributed by atoms with Gasteiger partial charge in [0.15, 0.2) is 0 Å². The molecule has 1 saturated heterocycles. The summed E-state index contributed by atoms with van der Waals surface area (Å²) in [6.45, 7) is 4.04. The summed E-state index contributed by atoms with van der Waals surface area (Å²) in [6, 6.07) is 10.6. The standard InChI is InChI=1S/C15H24N2O/c1-18-15-7-9-17(10-8-15)12-14(11-16)13-5-3-2-4-6-13/h2-6,14-15H,7-12,16H2,1H3. The van der Waals surface area contributed by atoms with E-state index in [0.29, 0.717) is 18.6 Å². The van der Waals surface area contributed by atoms with E-state index < -0.39 is 0 Å². The number of ether oxygens (including phenoxy) is 1. The summed E-state index contributed by atoms with van der Waals surface area (Å²) in [5.41, 5.74) is 7.28. The molecule has 1 aliphatic rings. The van der Waals surface area contributed by atoms with Crippen LogP contribution >= 0.6 is 0 Å². The van der Waals surface area contributed by atoms with Gasteiger partial charge in [-0.3, -0.25) is 0 Å². The average molecular weight is 248 g/mol. The van der Waals surface area contributed by atoms with Crippen molar-refractivity contribution in [2.75, 3.05) is 33.3 Å². The summed E-state index contributed by atoms with van der Waals surface area (Å²) in [6.07, 6.45) is 2.74. The van der Waals surface area contributed by atoms with Crippen molar-refractivity contribution in [2.45, 2.75) is 24.9 Å².